The van der Waals surface area contributed by atoms with E-state index in [9.17, 15) is 4.79 Å². The van der Waals surface area contributed by atoms with E-state index in [1.165, 1.54) is 17.3 Å². The molecular formula is C22H26N4O2S. The van der Waals surface area contributed by atoms with Crippen LogP contribution in [0, 0.1) is 0 Å². The molecule has 0 aliphatic carbocycles. The van der Waals surface area contributed by atoms with E-state index >= 15 is 0 Å². The normalized spacial score (nSPS) is 11.8. The van der Waals surface area contributed by atoms with Crippen molar-refractivity contribution in [2.24, 2.45) is 7.05 Å². The van der Waals surface area contributed by atoms with Crippen molar-refractivity contribution in [3.8, 4) is 17.1 Å². The fraction of sp³-hybridized carbons (Fsp3) is 0.318. The highest BCUT2D eigenvalue weighted by molar-refractivity contribution is 7.99. The number of hydrogen-bond acceptors (Lipinski definition) is 5. The molecule has 152 valence electrons. The molecule has 0 unspecified atom stereocenters. The Hall–Kier alpha value is -2.80. The van der Waals surface area contributed by atoms with E-state index in [0.29, 0.717) is 10.9 Å². The number of thioether (sulfide) groups is 1. The third-order valence-electron chi connectivity index (χ3n) is 4.61. The average molecular weight is 411 g/mol. The largest absolute Gasteiger partial charge is 0.497 e. The number of methoxy groups -OCH3 is 1. The number of amides is 1. The predicted octanol–water partition coefficient (Wildman–Crippen LogP) is 3.72. The molecule has 0 saturated heterocycles. The summed E-state index contributed by atoms with van der Waals surface area (Å²) in [5.74, 6) is 1.81. The maximum Gasteiger partial charge on any atom is 0.230 e. The van der Waals surface area contributed by atoms with Crippen LogP contribution in [0.1, 0.15) is 18.9 Å². The van der Waals surface area contributed by atoms with Gasteiger partial charge in [0, 0.05) is 18.7 Å². The molecule has 0 saturated carbocycles. The van der Waals surface area contributed by atoms with Crippen molar-refractivity contribution in [3.63, 3.8) is 0 Å². The summed E-state index contributed by atoms with van der Waals surface area (Å²) in [4.78, 5) is 12.3. The average Bonchev–Trinajstić information content (AvgIpc) is 3.12. The van der Waals surface area contributed by atoms with Gasteiger partial charge in [0.15, 0.2) is 11.0 Å². The molecule has 7 heteroatoms. The van der Waals surface area contributed by atoms with E-state index in [0.717, 1.165) is 30.0 Å². The topological polar surface area (TPSA) is 69.0 Å². The van der Waals surface area contributed by atoms with Crippen LogP contribution in [-0.2, 0) is 18.3 Å². The number of benzene rings is 2. The molecule has 0 aliphatic heterocycles. The van der Waals surface area contributed by atoms with Crippen molar-refractivity contribution < 1.29 is 9.53 Å². The van der Waals surface area contributed by atoms with Gasteiger partial charge in [0.05, 0.1) is 12.9 Å². The Bertz CT molecular complexity index is 943. The second-order valence-corrected chi connectivity index (χ2v) is 7.82. The first-order valence-corrected chi connectivity index (χ1v) is 10.5. The quantitative estimate of drug-likeness (QED) is 0.545. The maximum atomic E-state index is 12.3. The third kappa shape index (κ3) is 5.84. The van der Waals surface area contributed by atoms with Crippen LogP contribution in [0.5, 0.6) is 5.75 Å². The summed E-state index contributed by atoms with van der Waals surface area (Å²) in [6, 6.07) is 18.1. The van der Waals surface area contributed by atoms with Gasteiger partial charge >= 0.3 is 0 Å². The van der Waals surface area contributed by atoms with Crippen molar-refractivity contribution >= 4 is 17.7 Å². The zero-order valence-corrected chi connectivity index (χ0v) is 17.8. The molecule has 1 aromatic heterocycles. The molecule has 29 heavy (non-hydrogen) atoms. The van der Waals surface area contributed by atoms with Crippen LogP contribution in [-0.4, -0.2) is 39.6 Å². The minimum Gasteiger partial charge on any atom is -0.497 e. The van der Waals surface area contributed by atoms with Crippen LogP contribution in [0.3, 0.4) is 0 Å². The van der Waals surface area contributed by atoms with E-state index in [1.54, 1.807) is 7.11 Å². The Morgan fingerprint density at radius 1 is 1.17 bits per heavy atom. The molecule has 6 nitrogen and oxygen atoms in total. The van der Waals surface area contributed by atoms with Gasteiger partial charge in [-0.25, -0.2) is 0 Å². The highest BCUT2D eigenvalue weighted by Crippen LogP contribution is 2.25. The van der Waals surface area contributed by atoms with Gasteiger partial charge in [0.25, 0.3) is 0 Å². The molecule has 0 bridgehead atoms. The summed E-state index contributed by atoms with van der Waals surface area (Å²) in [6.45, 7) is 2.04. The number of nitrogens with zero attached hydrogens (tertiary/aromatic N) is 3. The molecule has 1 heterocycles. The Morgan fingerprint density at radius 2 is 1.97 bits per heavy atom. The van der Waals surface area contributed by atoms with Crippen LogP contribution >= 0.6 is 11.8 Å². The van der Waals surface area contributed by atoms with Crippen molar-refractivity contribution in [1.82, 2.24) is 20.1 Å². The predicted molar refractivity (Wildman–Crippen MR) is 116 cm³/mol. The highest BCUT2D eigenvalue weighted by atomic mass is 32.2. The first kappa shape index (κ1) is 20.9. The SMILES string of the molecule is COc1cccc(-c2nnc(SCC(=O)N[C@@H](C)CCc3ccccc3)n2C)c1. The van der Waals surface area contributed by atoms with E-state index < -0.39 is 0 Å². The van der Waals surface area contributed by atoms with Crippen LogP contribution in [0.2, 0.25) is 0 Å². The summed E-state index contributed by atoms with van der Waals surface area (Å²) in [7, 11) is 3.54. The zero-order valence-electron chi connectivity index (χ0n) is 17.0. The van der Waals surface area contributed by atoms with Gasteiger partial charge in [-0.2, -0.15) is 0 Å². The van der Waals surface area contributed by atoms with E-state index in [2.05, 4.69) is 27.6 Å². The number of hydrogen-bond donors (Lipinski definition) is 1. The number of nitrogens with one attached hydrogen (secondary N) is 1. The Morgan fingerprint density at radius 3 is 2.72 bits per heavy atom. The summed E-state index contributed by atoms with van der Waals surface area (Å²) in [6.07, 6.45) is 1.85. The fourth-order valence-electron chi connectivity index (χ4n) is 3.00. The highest BCUT2D eigenvalue weighted by Gasteiger charge is 2.14. The van der Waals surface area contributed by atoms with Gasteiger partial charge in [-0.1, -0.05) is 54.2 Å². The Labute approximate surface area is 175 Å². The first-order valence-electron chi connectivity index (χ1n) is 9.56. The monoisotopic (exact) mass is 410 g/mol. The van der Waals surface area contributed by atoms with Gasteiger partial charge < -0.3 is 14.6 Å². The first-order chi connectivity index (χ1) is 14.1. The molecule has 3 rings (SSSR count). The minimum absolute atomic E-state index is 0.00138. The number of carbonyl (C=O) groups is 1. The Balaban J connectivity index is 1.50. The lowest BCUT2D eigenvalue weighted by atomic mass is 10.1. The molecule has 0 fully saturated rings. The van der Waals surface area contributed by atoms with Gasteiger partial charge in [-0.3, -0.25) is 4.79 Å². The van der Waals surface area contributed by atoms with Crippen molar-refractivity contribution in [1.29, 1.82) is 0 Å². The van der Waals surface area contributed by atoms with Crippen molar-refractivity contribution in [3.05, 3.63) is 60.2 Å². The molecule has 2 aromatic carbocycles. The molecular weight excluding hydrogens is 384 g/mol. The van der Waals surface area contributed by atoms with Crippen molar-refractivity contribution in [2.75, 3.05) is 12.9 Å². The van der Waals surface area contributed by atoms with E-state index in [4.69, 9.17) is 4.74 Å². The second kappa shape index (κ2) is 10.1. The molecule has 0 aliphatic rings. The number of aryl methyl sites for hydroxylation is 1. The van der Waals surface area contributed by atoms with E-state index in [-0.39, 0.29) is 11.9 Å². The summed E-state index contributed by atoms with van der Waals surface area (Å²) < 4.78 is 7.17. The molecule has 3 aromatic rings. The number of aromatic nitrogens is 3. The van der Waals surface area contributed by atoms with Crippen LogP contribution in [0.15, 0.2) is 59.8 Å². The minimum atomic E-state index is 0.00138. The van der Waals surface area contributed by atoms with E-state index in [1.807, 2.05) is 61.0 Å². The maximum absolute atomic E-state index is 12.3. The van der Waals surface area contributed by atoms with Gasteiger partial charge in [-0.15, -0.1) is 10.2 Å². The van der Waals surface area contributed by atoms with Gasteiger partial charge in [0.1, 0.15) is 5.75 Å². The summed E-state index contributed by atoms with van der Waals surface area (Å²) in [5, 5.41) is 12.3. The smallest absolute Gasteiger partial charge is 0.230 e. The van der Waals surface area contributed by atoms with Gasteiger partial charge in [0.2, 0.25) is 5.91 Å². The zero-order chi connectivity index (χ0) is 20.6. The number of rotatable bonds is 9. The third-order valence-corrected chi connectivity index (χ3v) is 5.63. The lowest BCUT2D eigenvalue weighted by Gasteiger charge is -2.13. The number of carbonyl (C=O) groups excluding carboxylic acids is 1. The molecule has 1 N–H and O–H groups in total. The lowest BCUT2D eigenvalue weighted by Crippen LogP contribution is -2.34. The van der Waals surface area contributed by atoms with Gasteiger partial charge in [-0.05, 0) is 37.5 Å². The van der Waals surface area contributed by atoms with Crippen LogP contribution in [0.4, 0.5) is 0 Å². The summed E-state index contributed by atoms with van der Waals surface area (Å²) >= 11 is 1.38. The second-order valence-electron chi connectivity index (χ2n) is 6.88. The molecule has 1 atom stereocenters. The molecule has 1 amide bonds. The summed E-state index contributed by atoms with van der Waals surface area (Å²) in [5.41, 5.74) is 2.21. The lowest BCUT2D eigenvalue weighted by molar-refractivity contribution is -0.119. The standard InChI is InChI=1S/C22H26N4O2S/c1-16(12-13-17-8-5-4-6-9-17)23-20(27)15-29-22-25-24-21(26(22)2)18-10-7-11-19(14-18)28-3/h4-11,14,16H,12-13,15H2,1-3H3,(H,23,27)/t16-/m0/s1. The van der Waals surface area contributed by atoms with Crippen molar-refractivity contribution in [2.45, 2.75) is 31.0 Å². The molecule has 0 spiro atoms. The number of ether oxygens (including phenoxy) is 1. The van der Waals surface area contributed by atoms with Crippen LogP contribution in [0.25, 0.3) is 11.4 Å². The Kier molecular flexibility index (Phi) is 7.30. The molecule has 0 radical (unpaired) electrons. The van der Waals surface area contributed by atoms with Crippen LogP contribution < -0.4 is 10.1 Å². The fourth-order valence-corrected chi connectivity index (χ4v) is 3.72.